The monoisotopic (exact) mass is 512 g/mol. The minimum atomic E-state index is -4.50. The molecule has 1 fully saturated rings. The second kappa shape index (κ2) is 10.8. The Morgan fingerprint density at radius 1 is 1.00 bits per heavy atom. The summed E-state index contributed by atoms with van der Waals surface area (Å²) in [4.78, 5) is 31.3. The Kier molecular flexibility index (Phi) is 7.71. The van der Waals surface area contributed by atoms with Crippen LogP contribution in [0.2, 0.25) is 0 Å². The van der Waals surface area contributed by atoms with Crippen LogP contribution in [0.5, 0.6) is 0 Å². The summed E-state index contributed by atoms with van der Waals surface area (Å²) in [5, 5.41) is 2.94. The number of hydrogen-bond acceptors (Lipinski definition) is 3. The molecular weight excluding hydrogens is 481 g/mol. The maximum atomic E-state index is 13.1. The molecule has 0 bridgehead atoms. The van der Waals surface area contributed by atoms with Crippen LogP contribution in [0.3, 0.4) is 0 Å². The molecule has 0 radical (unpaired) electrons. The lowest BCUT2D eigenvalue weighted by atomic mass is 9.89. The normalized spacial score (nSPS) is 14.6. The van der Waals surface area contributed by atoms with E-state index in [2.05, 4.69) is 10.3 Å². The van der Waals surface area contributed by atoms with E-state index in [-0.39, 0.29) is 23.4 Å². The molecule has 1 aromatic carbocycles. The molecule has 1 saturated heterocycles. The van der Waals surface area contributed by atoms with Crippen molar-refractivity contribution in [1.82, 2.24) is 14.5 Å². The van der Waals surface area contributed by atoms with E-state index < -0.39 is 11.9 Å². The van der Waals surface area contributed by atoms with Gasteiger partial charge in [-0.15, -0.1) is 0 Å². The van der Waals surface area contributed by atoms with Gasteiger partial charge in [-0.2, -0.15) is 13.2 Å². The van der Waals surface area contributed by atoms with Crippen molar-refractivity contribution in [2.75, 3.05) is 18.4 Å². The lowest BCUT2D eigenvalue weighted by Crippen LogP contribution is -2.38. The van der Waals surface area contributed by atoms with E-state index in [4.69, 9.17) is 0 Å². The quantitative estimate of drug-likeness (QED) is 0.464. The molecule has 0 unspecified atom stereocenters. The second-order valence-corrected chi connectivity index (χ2v) is 9.59. The summed E-state index contributed by atoms with van der Waals surface area (Å²) in [6, 6.07) is 13.9. The first-order valence-electron chi connectivity index (χ1n) is 12.4. The highest BCUT2D eigenvalue weighted by Gasteiger charge is 2.36. The standard InChI is InChI=1S/C28H31F3N4O2/c1-18-4-5-20(19(2)32-18)8-13-26(36)33-23-9-6-21(7-10-23)22-14-16-35(17-15-22)27(37)24-11-12-25(34(24)3)28(29,30)31/h4-7,9-12,22H,8,13-17H2,1-3H3,(H,33,36). The molecule has 1 aliphatic rings. The predicted octanol–water partition coefficient (Wildman–Crippen LogP) is 5.65. The Hall–Kier alpha value is -3.62. The number of aryl methyl sites for hydroxylation is 3. The number of pyridine rings is 1. The minimum Gasteiger partial charge on any atom is -0.337 e. The summed E-state index contributed by atoms with van der Waals surface area (Å²) in [5.74, 6) is -0.204. The Morgan fingerprint density at radius 3 is 2.27 bits per heavy atom. The number of nitrogens with zero attached hydrogens (tertiary/aromatic N) is 3. The fraction of sp³-hybridized carbons (Fsp3) is 0.393. The van der Waals surface area contributed by atoms with Crippen LogP contribution in [0.4, 0.5) is 18.9 Å². The number of carbonyl (C=O) groups is 2. The highest BCUT2D eigenvalue weighted by molar-refractivity contribution is 5.93. The molecule has 0 atom stereocenters. The number of rotatable bonds is 6. The summed E-state index contributed by atoms with van der Waals surface area (Å²) in [6.45, 7) is 4.84. The van der Waals surface area contributed by atoms with Gasteiger partial charge in [0, 0.05) is 43.6 Å². The molecule has 0 aliphatic carbocycles. The summed E-state index contributed by atoms with van der Waals surface area (Å²) >= 11 is 0. The number of piperidine rings is 1. The molecule has 4 rings (SSSR count). The first-order chi connectivity index (χ1) is 17.5. The van der Waals surface area contributed by atoms with Crippen LogP contribution in [-0.4, -0.2) is 39.4 Å². The van der Waals surface area contributed by atoms with Gasteiger partial charge in [0.15, 0.2) is 0 Å². The van der Waals surface area contributed by atoms with Gasteiger partial charge in [-0.25, -0.2) is 0 Å². The maximum absolute atomic E-state index is 13.1. The number of alkyl halides is 3. The van der Waals surface area contributed by atoms with Crippen LogP contribution < -0.4 is 5.32 Å². The van der Waals surface area contributed by atoms with Gasteiger partial charge >= 0.3 is 6.18 Å². The highest BCUT2D eigenvalue weighted by atomic mass is 19.4. The number of hydrogen-bond donors (Lipinski definition) is 1. The number of amides is 2. The Bertz CT molecular complexity index is 1270. The van der Waals surface area contributed by atoms with Crippen molar-refractivity contribution < 1.29 is 22.8 Å². The van der Waals surface area contributed by atoms with Crippen LogP contribution in [-0.2, 0) is 24.4 Å². The first-order valence-corrected chi connectivity index (χ1v) is 12.4. The molecule has 37 heavy (non-hydrogen) atoms. The van der Waals surface area contributed by atoms with E-state index in [0.29, 0.717) is 25.9 Å². The molecule has 0 saturated carbocycles. The van der Waals surface area contributed by atoms with Crippen LogP contribution in [0.1, 0.15) is 63.9 Å². The van der Waals surface area contributed by atoms with Gasteiger partial charge < -0.3 is 14.8 Å². The summed E-state index contributed by atoms with van der Waals surface area (Å²) in [5.41, 5.74) is 4.01. The smallest absolute Gasteiger partial charge is 0.337 e. The number of likely N-dealkylation sites (tertiary alicyclic amines) is 1. The minimum absolute atomic E-state index is 0.0414. The summed E-state index contributed by atoms with van der Waals surface area (Å²) in [6.07, 6.45) is -2.06. The topological polar surface area (TPSA) is 67.2 Å². The van der Waals surface area contributed by atoms with Crippen molar-refractivity contribution in [3.8, 4) is 0 Å². The largest absolute Gasteiger partial charge is 0.431 e. The third kappa shape index (κ3) is 6.21. The van der Waals surface area contributed by atoms with Gasteiger partial charge in [-0.3, -0.25) is 14.6 Å². The second-order valence-electron chi connectivity index (χ2n) is 9.59. The number of carbonyl (C=O) groups excluding carboxylic acids is 2. The third-order valence-corrected chi connectivity index (χ3v) is 7.04. The van der Waals surface area contributed by atoms with E-state index >= 15 is 0 Å². The van der Waals surface area contributed by atoms with Gasteiger partial charge in [-0.05, 0) is 80.5 Å². The average Bonchev–Trinajstić information content (AvgIpc) is 3.25. The number of benzene rings is 1. The Morgan fingerprint density at radius 2 is 1.68 bits per heavy atom. The van der Waals surface area contributed by atoms with E-state index in [1.807, 2.05) is 50.2 Å². The molecule has 3 heterocycles. The van der Waals surface area contributed by atoms with Gasteiger partial charge in [-0.1, -0.05) is 18.2 Å². The number of halogens is 3. The lowest BCUT2D eigenvalue weighted by Gasteiger charge is -2.32. The molecule has 2 amide bonds. The van der Waals surface area contributed by atoms with Crippen molar-refractivity contribution in [3.63, 3.8) is 0 Å². The van der Waals surface area contributed by atoms with Crippen LogP contribution in [0.15, 0.2) is 48.5 Å². The van der Waals surface area contributed by atoms with Crippen molar-refractivity contribution >= 4 is 17.5 Å². The molecule has 9 heteroatoms. The van der Waals surface area contributed by atoms with Crippen molar-refractivity contribution in [3.05, 3.63) is 82.4 Å². The zero-order valence-electron chi connectivity index (χ0n) is 21.2. The van der Waals surface area contributed by atoms with Crippen molar-refractivity contribution in [1.29, 1.82) is 0 Å². The Labute approximate surface area is 214 Å². The van der Waals surface area contributed by atoms with E-state index in [1.54, 1.807) is 4.90 Å². The fourth-order valence-corrected chi connectivity index (χ4v) is 4.88. The molecule has 0 spiro atoms. The SMILES string of the molecule is Cc1ccc(CCC(=O)Nc2ccc(C3CCN(C(=O)c4ccc(C(F)(F)F)n4C)CC3)cc2)c(C)n1. The fourth-order valence-electron chi connectivity index (χ4n) is 4.88. The van der Waals surface area contributed by atoms with Crippen molar-refractivity contribution in [2.24, 2.45) is 7.05 Å². The Balaban J connectivity index is 1.28. The number of anilines is 1. The predicted molar refractivity (Wildman–Crippen MR) is 135 cm³/mol. The maximum Gasteiger partial charge on any atom is 0.431 e. The van der Waals surface area contributed by atoms with Crippen LogP contribution >= 0.6 is 0 Å². The highest BCUT2D eigenvalue weighted by Crippen LogP contribution is 2.32. The molecular formula is C28H31F3N4O2. The molecule has 1 N–H and O–H groups in total. The first kappa shape index (κ1) is 26.4. The zero-order chi connectivity index (χ0) is 26.7. The molecule has 1 aliphatic heterocycles. The van der Waals surface area contributed by atoms with E-state index in [9.17, 15) is 22.8 Å². The number of aromatic nitrogens is 2. The summed E-state index contributed by atoms with van der Waals surface area (Å²) in [7, 11) is 1.27. The lowest BCUT2D eigenvalue weighted by molar-refractivity contribution is -0.143. The van der Waals surface area contributed by atoms with Crippen LogP contribution in [0.25, 0.3) is 0 Å². The van der Waals surface area contributed by atoms with E-state index in [0.717, 1.165) is 51.7 Å². The van der Waals surface area contributed by atoms with Gasteiger partial charge in [0.2, 0.25) is 5.91 Å². The molecule has 2 aromatic heterocycles. The van der Waals surface area contributed by atoms with Gasteiger partial charge in [0.1, 0.15) is 11.4 Å². The van der Waals surface area contributed by atoms with Crippen LogP contribution in [0, 0.1) is 13.8 Å². The molecule has 6 nitrogen and oxygen atoms in total. The van der Waals surface area contributed by atoms with Gasteiger partial charge in [0.05, 0.1) is 0 Å². The molecule has 196 valence electrons. The van der Waals surface area contributed by atoms with Crippen molar-refractivity contribution in [2.45, 2.75) is 51.6 Å². The zero-order valence-corrected chi connectivity index (χ0v) is 21.2. The average molecular weight is 513 g/mol. The molecule has 3 aromatic rings. The van der Waals surface area contributed by atoms with Gasteiger partial charge in [0.25, 0.3) is 5.91 Å². The third-order valence-electron chi connectivity index (χ3n) is 7.04. The van der Waals surface area contributed by atoms with E-state index in [1.165, 1.54) is 13.1 Å². The number of nitrogens with one attached hydrogen (secondary N) is 1. The summed E-state index contributed by atoms with van der Waals surface area (Å²) < 4.78 is 40.1.